The molecular weight excluding hydrogens is 380 g/mol. The molecule has 0 saturated carbocycles. The van der Waals surface area contributed by atoms with Gasteiger partial charge in [0.2, 0.25) is 0 Å². The van der Waals surface area contributed by atoms with Crippen molar-refractivity contribution in [3.05, 3.63) is 24.3 Å². The van der Waals surface area contributed by atoms with Crippen molar-refractivity contribution in [3.63, 3.8) is 0 Å². The van der Waals surface area contributed by atoms with Crippen molar-refractivity contribution in [3.8, 4) is 0 Å². The molecule has 0 aromatic heterocycles. The van der Waals surface area contributed by atoms with Crippen LogP contribution in [0, 0.1) is 5.41 Å². The van der Waals surface area contributed by atoms with Crippen LogP contribution < -0.4 is 15.5 Å². The number of ether oxygens (including phenoxy) is 2. The molecule has 1 aromatic rings. The monoisotopic (exact) mass is 418 g/mol. The van der Waals surface area contributed by atoms with Gasteiger partial charge in [-0.05, 0) is 37.9 Å². The smallest absolute Gasteiger partial charge is 0.319 e. The zero-order valence-corrected chi connectivity index (χ0v) is 18.8. The SMILES string of the molecule is CCN1CCN(c2ccccc2NC(=O)NCCC[C@@](C)(CC)C2OCCO2)CC1. The number of hydrogen-bond donors (Lipinski definition) is 2. The van der Waals surface area contributed by atoms with Crippen molar-refractivity contribution in [2.45, 2.75) is 46.3 Å². The molecule has 2 aliphatic rings. The van der Waals surface area contributed by atoms with E-state index in [2.05, 4.69) is 47.3 Å². The summed E-state index contributed by atoms with van der Waals surface area (Å²) in [5.41, 5.74) is 1.95. The van der Waals surface area contributed by atoms with Crippen molar-refractivity contribution in [1.82, 2.24) is 10.2 Å². The van der Waals surface area contributed by atoms with Crippen molar-refractivity contribution in [2.75, 3.05) is 62.7 Å². The van der Waals surface area contributed by atoms with Gasteiger partial charge in [0.15, 0.2) is 6.29 Å². The van der Waals surface area contributed by atoms with Crippen LogP contribution in [0.4, 0.5) is 16.2 Å². The van der Waals surface area contributed by atoms with E-state index in [-0.39, 0.29) is 17.7 Å². The van der Waals surface area contributed by atoms with Crippen molar-refractivity contribution in [1.29, 1.82) is 0 Å². The molecule has 0 aliphatic carbocycles. The lowest BCUT2D eigenvalue weighted by Gasteiger charge is -2.36. The Morgan fingerprint density at radius 2 is 1.83 bits per heavy atom. The largest absolute Gasteiger partial charge is 0.367 e. The van der Waals surface area contributed by atoms with Gasteiger partial charge in [0.05, 0.1) is 24.6 Å². The molecule has 2 aliphatic heterocycles. The molecule has 2 heterocycles. The third-order valence-electron chi connectivity index (χ3n) is 6.52. The molecule has 1 atom stereocenters. The maximum atomic E-state index is 12.5. The summed E-state index contributed by atoms with van der Waals surface area (Å²) in [4.78, 5) is 17.3. The number of rotatable bonds is 9. The molecule has 2 fully saturated rings. The van der Waals surface area contributed by atoms with Crippen LogP contribution in [-0.2, 0) is 9.47 Å². The lowest BCUT2D eigenvalue weighted by molar-refractivity contribution is -0.131. The number of para-hydroxylation sites is 2. The summed E-state index contributed by atoms with van der Waals surface area (Å²) < 4.78 is 11.4. The third kappa shape index (κ3) is 5.86. The first-order valence-corrected chi connectivity index (χ1v) is 11.4. The van der Waals surface area contributed by atoms with Gasteiger partial charge in [-0.1, -0.05) is 32.9 Å². The molecule has 168 valence electrons. The Labute approximate surface area is 181 Å². The maximum absolute atomic E-state index is 12.5. The quantitative estimate of drug-likeness (QED) is 0.601. The van der Waals surface area contributed by atoms with Gasteiger partial charge in [-0.2, -0.15) is 0 Å². The van der Waals surface area contributed by atoms with Gasteiger partial charge in [0.25, 0.3) is 0 Å². The van der Waals surface area contributed by atoms with Crippen LogP contribution in [0.25, 0.3) is 0 Å². The van der Waals surface area contributed by atoms with Crippen LogP contribution in [0.5, 0.6) is 0 Å². The number of likely N-dealkylation sites (N-methyl/N-ethyl adjacent to an activating group) is 1. The second-order valence-corrected chi connectivity index (χ2v) is 8.50. The molecule has 2 N–H and O–H groups in total. The van der Waals surface area contributed by atoms with E-state index in [1.165, 1.54) is 0 Å². The molecule has 2 saturated heterocycles. The van der Waals surface area contributed by atoms with E-state index in [1.807, 2.05) is 18.2 Å². The number of hydrogen-bond acceptors (Lipinski definition) is 5. The summed E-state index contributed by atoms with van der Waals surface area (Å²) in [7, 11) is 0. The predicted octanol–water partition coefficient (Wildman–Crippen LogP) is 3.52. The van der Waals surface area contributed by atoms with Crippen LogP contribution in [-0.4, -0.2) is 69.7 Å². The Balaban J connectivity index is 1.46. The first-order valence-electron chi connectivity index (χ1n) is 11.4. The highest BCUT2D eigenvalue weighted by atomic mass is 16.7. The molecular formula is C23H38N4O3. The second-order valence-electron chi connectivity index (χ2n) is 8.50. The Hall–Kier alpha value is -1.83. The first kappa shape index (κ1) is 22.8. The zero-order chi connectivity index (χ0) is 21.4. The topological polar surface area (TPSA) is 66.1 Å². The first-order chi connectivity index (χ1) is 14.6. The number of carbonyl (C=O) groups is 1. The average molecular weight is 419 g/mol. The third-order valence-corrected chi connectivity index (χ3v) is 6.52. The summed E-state index contributed by atoms with van der Waals surface area (Å²) in [6, 6.07) is 7.91. The predicted molar refractivity (Wildman–Crippen MR) is 121 cm³/mol. The van der Waals surface area contributed by atoms with E-state index in [4.69, 9.17) is 9.47 Å². The summed E-state index contributed by atoms with van der Waals surface area (Å²) >= 11 is 0. The number of nitrogens with zero attached hydrogens (tertiary/aromatic N) is 2. The fourth-order valence-corrected chi connectivity index (χ4v) is 4.24. The van der Waals surface area contributed by atoms with Crippen LogP contribution in [0.1, 0.15) is 40.0 Å². The number of urea groups is 1. The van der Waals surface area contributed by atoms with E-state index >= 15 is 0 Å². The minimum Gasteiger partial charge on any atom is -0.367 e. The maximum Gasteiger partial charge on any atom is 0.319 e. The summed E-state index contributed by atoms with van der Waals surface area (Å²) in [6.45, 7) is 13.7. The van der Waals surface area contributed by atoms with Crippen LogP contribution in [0.2, 0.25) is 0 Å². The molecule has 3 rings (SSSR count). The standard InChI is InChI=1S/C23H38N4O3/c1-4-23(3,21-29-17-18-30-21)11-8-12-24-22(28)25-19-9-6-7-10-20(19)27-15-13-26(5-2)14-16-27/h6-7,9-10,21H,4-5,8,11-18H2,1-3H3,(H2,24,25,28)/t23-/m1/s1. The van der Waals surface area contributed by atoms with Crippen LogP contribution in [0.3, 0.4) is 0 Å². The highest BCUT2D eigenvalue weighted by Gasteiger charge is 2.36. The fraction of sp³-hybridized carbons (Fsp3) is 0.696. The molecule has 0 spiro atoms. The van der Waals surface area contributed by atoms with Gasteiger partial charge < -0.3 is 29.9 Å². The van der Waals surface area contributed by atoms with E-state index in [9.17, 15) is 4.79 Å². The minimum absolute atomic E-state index is 0.0120. The van der Waals surface area contributed by atoms with Crippen LogP contribution in [0.15, 0.2) is 24.3 Å². The number of benzene rings is 1. The summed E-state index contributed by atoms with van der Waals surface area (Å²) in [5.74, 6) is 0. The fourth-order valence-electron chi connectivity index (χ4n) is 4.24. The van der Waals surface area contributed by atoms with E-state index in [0.717, 1.165) is 63.4 Å². The minimum atomic E-state index is -0.152. The Bertz CT molecular complexity index is 672. The molecule has 0 unspecified atom stereocenters. The lowest BCUT2D eigenvalue weighted by atomic mass is 9.82. The molecule has 7 heteroatoms. The number of carbonyl (C=O) groups excluding carboxylic acids is 1. The molecule has 0 bridgehead atoms. The van der Waals surface area contributed by atoms with Gasteiger partial charge >= 0.3 is 6.03 Å². The van der Waals surface area contributed by atoms with Crippen molar-refractivity contribution < 1.29 is 14.3 Å². The Kier molecular flexibility index (Phi) is 8.36. The number of piperazine rings is 1. The van der Waals surface area contributed by atoms with Gasteiger partial charge in [-0.15, -0.1) is 0 Å². The second kappa shape index (κ2) is 11.0. The lowest BCUT2D eigenvalue weighted by Crippen LogP contribution is -2.46. The Morgan fingerprint density at radius 1 is 1.13 bits per heavy atom. The zero-order valence-electron chi connectivity index (χ0n) is 18.8. The number of amides is 2. The molecule has 30 heavy (non-hydrogen) atoms. The van der Waals surface area contributed by atoms with Gasteiger partial charge in [-0.3, -0.25) is 0 Å². The van der Waals surface area contributed by atoms with Crippen molar-refractivity contribution in [2.24, 2.45) is 5.41 Å². The van der Waals surface area contributed by atoms with E-state index in [1.54, 1.807) is 0 Å². The highest BCUT2D eigenvalue weighted by Crippen LogP contribution is 2.35. The van der Waals surface area contributed by atoms with E-state index < -0.39 is 0 Å². The summed E-state index contributed by atoms with van der Waals surface area (Å²) in [6.07, 6.45) is 2.70. The Morgan fingerprint density at radius 3 is 2.50 bits per heavy atom. The highest BCUT2D eigenvalue weighted by molar-refractivity contribution is 5.93. The number of nitrogens with one attached hydrogen (secondary N) is 2. The van der Waals surface area contributed by atoms with Gasteiger partial charge in [0.1, 0.15) is 0 Å². The molecule has 7 nitrogen and oxygen atoms in total. The molecule has 0 radical (unpaired) electrons. The summed E-state index contributed by atoms with van der Waals surface area (Å²) in [5, 5.41) is 6.05. The van der Waals surface area contributed by atoms with Crippen LogP contribution >= 0.6 is 0 Å². The van der Waals surface area contributed by atoms with Gasteiger partial charge in [0, 0.05) is 38.1 Å². The van der Waals surface area contributed by atoms with Crippen molar-refractivity contribution >= 4 is 17.4 Å². The normalized spacial score (nSPS) is 20.2. The molecule has 1 aromatic carbocycles. The van der Waals surface area contributed by atoms with E-state index in [0.29, 0.717) is 19.8 Å². The van der Waals surface area contributed by atoms with Gasteiger partial charge in [-0.25, -0.2) is 4.79 Å². The average Bonchev–Trinajstić information content (AvgIpc) is 3.33. The number of anilines is 2. The molecule has 2 amide bonds.